The molecule has 0 aromatic carbocycles. The molecule has 1 spiro atoms. The number of carbonyl (C=O) groups excluding carboxylic acids is 2. The Balaban J connectivity index is 1.33. The SMILES string of the molecule is COc1ncc(C2CCOCC2)c2sc(NC(=O)N3CCC4(CCNC4=O)CC3)nc12. The second kappa shape index (κ2) is 8.23. The summed E-state index contributed by atoms with van der Waals surface area (Å²) in [5, 5.41) is 6.43. The van der Waals surface area contributed by atoms with Gasteiger partial charge in [-0.25, -0.2) is 14.8 Å². The zero-order valence-corrected chi connectivity index (χ0v) is 18.4. The average molecular weight is 446 g/mol. The Morgan fingerprint density at radius 2 is 2.10 bits per heavy atom. The number of ether oxygens (including phenoxy) is 2. The van der Waals surface area contributed by atoms with Crippen LogP contribution in [0.3, 0.4) is 0 Å². The lowest BCUT2D eigenvalue weighted by Crippen LogP contribution is -2.47. The van der Waals surface area contributed by atoms with E-state index in [1.165, 1.54) is 11.3 Å². The van der Waals surface area contributed by atoms with Crippen LogP contribution in [0.15, 0.2) is 6.20 Å². The number of urea groups is 1. The summed E-state index contributed by atoms with van der Waals surface area (Å²) < 4.78 is 11.9. The minimum absolute atomic E-state index is 0.138. The summed E-state index contributed by atoms with van der Waals surface area (Å²) in [6, 6.07) is -0.174. The van der Waals surface area contributed by atoms with E-state index in [1.54, 1.807) is 12.0 Å². The third-order valence-electron chi connectivity index (χ3n) is 6.86. The first-order valence-electron chi connectivity index (χ1n) is 10.8. The van der Waals surface area contributed by atoms with Gasteiger partial charge in [0.2, 0.25) is 11.8 Å². The number of fused-ring (bicyclic) bond motifs is 1. The molecule has 3 saturated heterocycles. The molecule has 0 radical (unpaired) electrons. The van der Waals surface area contributed by atoms with Gasteiger partial charge >= 0.3 is 6.03 Å². The summed E-state index contributed by atoms with van der Waals surface area (Å²) in [5.74, 6) is 0.975. The first kappa shape index (κ1) is 20.4. The molecule has 5 rings (SSSR count). The van der Waals surface area contributed by atoms with Gasteiger partial charge in [-0.05, 0) is 43.6 Å². The molecule has 3 fully saturated rings. The van der Waals surface area contributed by atoms with E-state index in [4.69, 9.17) is 9.47 Å². The zero-order valence-electron chi connectivity index (χ0n) is 17.6. The van der Waals surface area contributed by atoms with Crippen LogP contribution in [0.25, 0.3) is 10.2 Å². The molecule has 10 heteroatoms. The minimum Gasteiger partial charge on any atom is -0.479 e. The molecule has 0 unspecified atom stereocenters. The molecular weight excluding hydrogens is 418 g/mol. The molecule has 0 bridgehead atoms. The Hall–Kier alpha value is -2.46. The highest BCUT2D eigenvalue weighted by atomic mass is 32.1. The van der Waals surface area contributed by atoms with Crippen molar-refractivity contribution >= 4 is 38.6 Å². The predicted octanol–water partition coefficient (Wildman–Crippen LogP) is 2.73. The van der Waals surface area contributed by atoms with Crippen LogP contribution in [-0.4, -0.2) is 66.8 Å². The van der Waals surface area contributed by atoms with Crippen LogP contribution in [-0.2, 0) is 9.53 Å². The molecule has 2 aromatic heterocycles. The average Bonchev–Trinajstić information content (AvgIpc) is 3.37. The zero-order chi connectivity index (χ0) is 21.4. The molecule has 2 aromatic rings. The monoisotopic (exact) mass is 445 g/mol. The summed E-state index contributed by atoms with van der Waals surface area (Å²) in [5.41, 5.74) is 1.54. The number of thiazole rings is 1. The molecule has 3 aliphatic heterocycles. The highest BCUT2D eigenvalue weighted by molar-refractivity contribution is 7.22. The Kier molecular flexibility index (Phi) is 5.43. The van der Waals surface area contributed by atoms with Crippen LogP contribution in [0, 0.1) is 5.41 Å². The molecule has 3 aliphatic rings. The fraction of sp³-hybridized carbons (Fsp3) is 0.619. The number of aromatic nitrogens is 2. The van der Waals surface area contributed by atoms with Crippen LogP contribution in [0.2, 0.25) is 0 Å². The van der Waals surface area contributed by atoms with Crippen molar-refractivity contribution in [1.29, 1.82) is 0 Å². The van der Waals surface area contributed by atoms with E-state index in [-0.39, 0.29) is 17.4 Å². The van der Waals surface area contributed by atoms with Crippen molar-refractivity contribution in [3.05, 3.63) is 11.8 Å². The molecule has 2 N–H and O–H groups in total. The summed E-state index contributed by atoms with van der Waals surface area (Å²) in [6.07, 6.45) is 6.05. The molecular formula is C21H27N5O4S. The van der Waals surface area contributed by atoms with E-state index >= 15 is 0 Å². The summed E-state index contributed by atoms with van der Waals surface area (Å²) in [7, 11) is 1.58. The molecule has 0 aliphatic carbocycles. The van der Waals surface area contributed by atoms with E-state index in [0.29, 0.717) is 48.4 Å². The van der Waals surface area contributed by atoms with Gasteiger partial charge in [0, 0.05) is 39.0 Å². The minimum atomic E-state index is -0.287. The van der Waals surface area contributed by atoms with Crippen molar-refractivity contribution in [2.45, 2.75) is 38.0 Å². The van der Waals surface area contributed by atoms with Gasteiger partial charge in [0.25, 0.3) is 0 Å². The highest BCUT2D eigenvalue weighted by Gasteiger charge is 2.45. The van der Waals surface area contributed by atoms with Gasteiger partial charge in [0.15, 0.2) is 5.13 Å². The number of nitrogens with one attached hydrogen (secondary N) is 2. The summed E-state index contributed by atoms with van der Waals surface area (Å²) >= 11 is 1.46. The summed E-state index contributed by atoms with van der Waals surface area (Å²) in [4.78, 5) is 35.9. The van der Waals surface area contributed by atoms with Crippen LogP contribution in [0.1, 0.15) is 43.6 Å². The number of hydrogen-bond acceptors (Lipinski definition) is 7. The Bertz CT molecular complexity index is 995. The number of rotatable bonds is 3. The first-order valence-corrected chi connectivity index (χ1v) is 11.7. The number of carbonyl (C=O) groups is 2. The second-order valence-electron chi connectivity index (χ2n) is 8.51. The van der Waals surface area contributed by atoms with Crippen molar-refractivity contribution in [3.63, 3.8) is 0 Å². The van der Waals surface area contributed by atoms with Crippen molar-refractivity contribution < 1.29 is 19.1 Å². The van der Waals surface area contributed by atoms with Gasteiger partial charge in [-0.3, -0.25) is 10.1 Å². The molecule has 0 saturated carbocycles. The maximum atomic E-state index is 12.9. The van der Waals surface area contributed by atoms with E-state index in [9.17, 15) is 9.59 Å². The molecule has 3 amide bonds. The molecule has 9 nitrogen and oxygen atoms in total. The van der Waals surface area contributed by atoms with E-state index < -0.39 is 0 Å². The number of nitrogens with zero attached hydrogens (tertiary/aromatic N) is 3. The fourth-order valence-electron chi connectivity index (χ4n) is 4.91. The van der Waals surface area contributed by atoms with Gasteiger partial charge in [0.1, 0.15) is 5.52 Å². The Morgan fingerprint density at radius 1 is 1.32 bits per heavy atom. The lowest BCUT2D eigenvalue weighted by atomic mass is 9.77. The van der Waals surface area contributed by atoms with Crippen molar-refractivity contribution in [1.82, 2.24) is 20.2 Å². The van der Waals surface area contributed by atoms with E-state index in [0.717, 1.165) is 49.3 Å². The largest absolute Gasteiger partial charge is 0.479 e. The third-order valence-corrected chi connectivity index (χ3v) is 7.88. The van der Waals surface area contributed by atoms with Crippen LogP contribution in [0.4, 0.5) is 9.93 Å². The first-order chi connectivity index (χ1) is 15.1. The van der Waals surface area contributed by atoms with Gasteiger partial charge < -0.3 is 19.7 Å². The third kappa shape index (κ3) is 3.71. The van der Waals surface area contributed by atoms with Gasteiger partial charge in [0.05, 0.1) is 17.2 Å². The molecule has 31 heavy (non-hydrogen) atoms. The van der Waals surface area contributed by atoms with Crippen molar-refractivity contribution in [3.8, 4) is 5.88 Å². The number of hydrogen-bond donors (Lipinski definition) is 2. The standard InChI is InChI=1S/C21H27N5O4S/c1-29-17-15-16(14(12-23-17)13-2-10-30-11-3-13)31-19(24-15)25-20(28)26-8-5-21(6-9-26)4-7-22-18(21)27/h12-13H,2-11H2,1H3,(H,22,27)(H,24,25,28). The highest BCUT2D eigenvalue weighted by Crippen LogP contribution is 2.40. The molecule has 0 atom stereocenters. The van der Waals surface area contributed by atoms with Gasteiger partial charge in [-0.15, -0.1) is 0 Å². The Labute approximate surface area is 184 Å². The smallest absolute Gasteiger partial charge is 0.323 e. The lowest BCUT2D eigenvalue weighted by Gasteiger charge is -2.37. The molecule has 5 heterocycles. The predicted molar refractivity (Wildman–Crippen MR) is 117 cm³/mol. The number of amides is 3. The van der Waals surface area contributed by atoms with Crippen molar-refractivity contribution in [2.24, 2.45) is 5.41 Å². The fourth-order valence-corrected chi connectivity index (χ4v) is 5.95. The number of pyridine rings is 1. The molecule has 166 valence electrons. The lowest BCUT2D eigenvalue weighted by molar-refractivity contribution is -0.129. The number of likely N-dealkylation sites (tertiary alicyclic amines) is 1. The van der Waals surface area contributed by atoms with E-state index in [2.05, 4.69) is 20.6 Å². The van der Waals surface area contributed by atoms with Crippen LogP contribution in [0.5, 0.6) is 5.88 Å². The normalized spacial score (nSPS) is 21.5. The number of methoxy groups -OCH3 is 1. The van der Waals surface area contributed by atoms with Crippen LogP contribution < -0.4 is 15.4 Å². The van der Waals surface area contributed by atoms with Crippen LogP contribution >= 0.6 is 11.3 Å². The number of piperidine rings is 1. The maximum absolute atomic E-state index is 12.9. The second-order valence-corrected chi connectivity index (χ2v) is 9.51. The topological polar surface area (TPSA) is 106 Å². The number of anilines is 1. The Morgan fingerprint density at radius 3 is 2.77 bits per heavy atom. The quantitative estimate of drug-likeness (QED) is 0.753. The maximum Gasteiger partial charge on any atom is 0.323 e. The summed E-state index contributed by atoms with van der Waals surface area (Å²) in [6.45, 7) is 3.37. The van der Waals surface area contributed by atoms with Gasteiger partial charge in [-0.1, -0.05) is 11.3 Å². The van der Waals surface area contributed by atoms with E-state index in [1.807, 2.05) is 6.20 Å². The van der Waals surface area contributed by atoms with Gasteiger partial charge in [-0.2, -0.15) is 0 Å². The van der Waals surface area contributed by atoms with Crippen molar-refractivity contribution in [2.75, 3.05) is 45.3 Å².